The fourth-order valence-electron chi connectivity index (χ4n) is 2.28. The molecule has 0 atom stereocenters. The van der Waals surface area contributed by atoms with Crippen LogP contribution in [-0.4, -0.2) is 44.1 Å². The van der Waals surface area contributed by atoms with Gasteiger partial charge < -0.3 is 19.1 Å². The zero-order valence-electron chi connectivity index (χ0n) is 15.3. The average molecular weight is 375 g/mol. The molecule has 0 aliphatic carbocycles. The Kier molecular flexibility index (Phi) is 7.61. The SMILES string of the molecule is COc1ccccc1OCCC(=O)OCC(=O)N(C)Cc1ccccc1F. The number of carbonyl (C=O) groups is 2. The van der Waals surface area contributed by atoms with Crippen LogP contribution in [0, 0.1) is 5.82 Å². The number of likely N-dealkylation sites (N-methyl/N-ethyl adjacent to an activating group) is 1. The summed E-state index contributed by atoms with van der Waals surface area (Å²) in [4.78, 5) is 25.1. The van der Waals surface area contributed by atoms with E-state index < -0.39 is 18.5 Å². The predicted molar refractivity (Wildman–Crippen MR) is 96.9 cm³/mol. The first-order chi connectivity index (χ1) is 13.0. The second-order valence-corrected chi connectivity index (χ2v) is 5.75. The molecular weight excluding hydrogens is 353 g/mol. The van der Waals surface area contributed by atoms with Crippen LogP contribution in [0.3, 0.4) is 0 Å². The summed E-state index contributed by atoms with van der Waals surface area (Å²) in [6.07, 6.45) is -0.0116. The Morgan fingerprint density at radius 1 is 1.04 bits per heavy atom. The normalized spacial score (nSPS) is 10.2. The van der Waals surface area contributed by atoms with Crippen molar-refractivity contribution in [2.24, 2.45) is 0 Å². The van der Waals surface area contributed by atoms with Gasteiger partial charge in [-0.1, -0.05) is 30.3 Å². The number of hydrogen-bond acceptors (Lipinski definition) is 5. The van der Waals surface area contributed by atoms with E-state index in [0.29, 0.717) is 17.1 Å². The van der Waals surface area contributed by atoms with Gasteiger partial charge in [-0.05, 0) is 18.2 Å². The third kappa shape index (κ3) is 6.29. The molecule has 0 aliphatic heterocycles. The molecule has 0 saturated heterocycles. The lowest BCUT2D eigenvalue weighted by molar-refractivity contribution is -0.152. The summed E-state index contributed by atoms with van der Waals surface area (Å²) < 4.78 is 29.2. The lowest BCUT2D eigenvalue weighted by Gasteiger charge is -2.17. The monoisotopic (exact) mass is 375 g/mol. The van der Waals surface area contributed by atoms with Crippen LogP contribution < -0.4 is 9.47 Å². The first-order valence-corrected chi connectivity index (χ1v) is 8.40. The van der Waals surface area contributed by atoms with Gasteiger partial charge in [0, 0.05) is 19.2 Å². The number of methoxy groups -OCH3 is 1. The minimum Gasteiger partial charge on any atom is -0.493 e. The van der Waals surface area contributed by atoms with E-state index in [1.165, 1.54) is 25.1 Å². The molecule has 0 radical (unpaired) electrons. The maximum atomic E-state index is 13.6. The summed E-state index contributed by atoms with van der Waals surface area (Å²) in [7, 11) is 3.05. The molecule has 0 saturated carbocycles. The number of nitrogens with zero attached hydrogens (tertiary/aromatic N) is 1. The summed E-state index contributed by atoms with van der Waals surface area (Å²) >= 11 is 0. The van der Waals surface area contributed by atoms with Crippen molar-refractivity contribution in [2.45, 2.75) is 13.0 Å². The molecule has 2 aromatic carbocycles. The molecule has 0 spiro atoms. The van der Waals surface area contributed by atoms with Crippen molar-refractivity contribution < 1.29 is 28.2 Å². The second kappa shape index (κ2) is 10.2. The van der Waals surface area contributed by atoms with E-state index in [1.54, 1.807) is 36.4 Å². The van der Waals surface area contributed by atoms with Gasteiger partial charge in [0.05, 0.1) is 20.1 Å². The van der Waals surface area contributed by atoms with Gasteiger partial charge in [-0.15, -0.1) is 0 Å². The van der Waals surface area contributed by atoms with Crippen molar-refractivity contribution in [3.05, 3.63) is 59.9 Å². The predicted octanol–water partition coefficient (Wildman–Crippen LogP) is 2.81. The maximum absolute atomic E-state index is 13.6. The minimum absolute atomic E-state index is 0.0116. The molecule has 27 heavy (non-hydrogen) atoms. The van der Waals surface area contributed by atoms with Crippen LogP contribution in [0.1, 0.15) is 12.0 Å². The van der Waals surface area contributed by atoms with Gasteiger partial charge in [-0.3, -0.25) is 9.59 Å². The lowest BCUT2D eigenvalue weighted by Crippen LogP contribution is -2.31. The van der Waals surface area contributed by atoms with Gasteiger partial charge in [0.2, 0.25) is 0 Å². The van der Waals surface area contributed by atoms with Gasteiger partial charge in [0.15, 0.2) is 18.1 Å². The number of rotatable bonds is 9. The summed E-state index contributed by atoms with van der Waals surface area (Å²) in [5.74, 6) is -0.276. The molecule has 2 rings (SSSR count). The fourth-order valence-corrected chi connectivity index (χ4v) is 2.28. The first-order valence-electron chi connectivity index (χ1n) is 8.40. The van der Waals surface area contributed by atoms with Gasteiger partial charge in [0.1, 0.15) is 5.82 Å². The van der Waals surface area contributed by atoms with Crippen LogP contribution in [0.2, 0.25) is 0 Å². The van der Waals surface area contributed by atoms with Gasteiger partial charge >= 0.3 is 5.97 Å². The number of hydrogen-bond donors (Lipinski definition) is 0. The molecule has 0 bridgehead atoms. The van der Waals surface area contributed by atoms with Gasteiger partial charge in [-0.2, -0.15) is 0 Å². The fraction of sp³-hybridized carbons (Fsp3) is 0.300. The van der Waals surface area contributed by atoms with Crippen LogP contribution in [0.25, 0.3) is 0 Å². The van der Waals surface area contributed by atoms with Crippen molar-refractivity contribution >= 4 is 11.9 Å². The Hall–Kier alpha value is -3.09. The number of esters is 1. The molecular formula is C20H22FNO5. The summed E-state index contributed by atoms with van der Waals surface area (Å²) in [5.41, 5.74) is 0.393. The first kappa shape index (κ1) is 20.2. The molecule has 0 aromatic heterocycles. The van der Waals surface area contributed by atoms with Crippen molar-refractivity contribution in [1.29, 1.82) is 0 Å². The Morgan fingerprint density at radius 2 is 1.70 bits per heavy atom. The van der Waals surface area contributed by atoms with Crippen LogP contribution in [0.5, 0.6) is 11.5 Å². The summed E-state index contributed by atoms with van der Waals surface area (Å²) in [6, 6.07) is 13.3. The van der Waals surface area contributed by atoms with Crippen molar-refractivity contribution in [3.8, 4) is 11.5 Å². The molecule has 6 nitrogen and oxygen atoms in total. The highest BCUT2D eigenvalue weighted by atomic mass is 19.1. The van der Waals surface area contributed by atoms with E-state index in [0.717, 1.165) is 0 Å². The van der Waals surface area contributed by atoms with Crippen molar-refractivity contribution in [2.75, 3.05) is 27.4 Å². The van der Waals surface area contributed by atoms with E-state index in [1.807, 2.05) is 6.07 Å². The van der Waals surface area contributed by atoms with Gasteiger partial charge in [0.25, 0.3) is 5.91 Å². The molecule has 0 heterocycles. The van der Waals surface area contributed by atoms with Crippen molar-refractivity contribution in [1.82, 2.24) is 4.90 Å². The second-order valence-electron chi connectivity index (χ2n) is 5.75. The Labute approximate surface area is 157 Å². The number of halogens is 1. The number of para-hydroxylation sites is 2. The topological polar surface area (TPSA) is 65.1 Å². The molecule has 144 valence electrons. The largest absolute Gasteiger partial charge is 0.493 e. The molecule has 2 aromatic rings. The third-order valence-corrected chi connectivity index (χ3v) is 3.78. The summed E-state index contributed by atoms with van der Waals surface area (Å²) in [6.45, 7) is -0.211. The number of benzene rings is 2. The molecule has 7 heteroatoms. The molecule has 0 aliphatic rings. The number of carbonyl (C=O) groups excluding carboxylic acids is 2. The lowest BCUT2D eigenvalue weighted by atomic mass is 10.2. The zero-order valence-corrected chi connectivity index (χ0v) is 15.3. The average Bonchev–Trinajstić information content (AvgIpc) is 2.68. The molecule has 0 N–H and O–H groups in total. The van der Waals surface area contributed by atoms with Crippen LogP contribution in [0.15, 0.2) is 48.5 Å². The van der Waals surface area contributed by atoms with E-state index in [-0.39, 0.29) is 25.4 Å². The minimum atomic E-state index is -0.558. The Morgan fingerprint density at radius 3 is 2.41 bits per heavy atom. The van der Waals surface area contributed by atoms with Crippen LogP contribution in [0.4, 0.5) is 4.39 Å². The van der Waals surface area contributed by atoms with E-state index >= 15 is 0 Å². The van der Waals surface area contributed by atoms with Gasteiger partial charge in [-0.25, -0.2) is 4.39 Å². The van der Waals surface area contributed by atoms with E-state index in [4.69, 9.17) is 14.2 Å². The third-order valence-electron chi connectivity index (χ3n) is 3.78. The smallest absolute Gasteiger partial charge is 0.309 e. The van der Waals surface area contributed by atoms with E-state index in [2.05, 4.69) is 0 Å². The molecule has 1 amide bonds. The molecule has 0 fully saturated rings. The number of amides is 1. The zero-order chi connectivity index (χ0) is 19.6. The Bertz CT molecular complexity index is 780. The standard InChI is InChI=1S/C20H22FNO5/c1-22(13-15-7-3-4-8-16(15)21)19(23)14-27-20(24)11-12-26-18-10-6-5-9-17(18)25-2/h3-10H,11-14H2,1-2H3. The highest BCUT2D eigenvalue weighted by Crippen LogP contribution is 2.25. The molecule has 0 unspecified atom stereocenters. The van der Waals surface area contributed by atoms with Crippen LogP contribution in [-0.2, 0) is 20.9 Å². The maximum Gasteiger partial charge on any atom is 0.309 e. The van der Waals surface area contributed by atoms with Crippen LogP contribution >= 0.6 is 0 Å². The number of ether oxygens (including phenoxy) is 3. The quantitative estimate of drug-likeness (QED) is 0.631. The highest BCUT2D eigenvalue weighted by molar-refractivity contribution is 5.80. The highest BCUT2D eigenvalue weighted by Gasteiger charge is 2.14. The Balaban J connectivity index is 1.71. The van der Waals surface area contributed by atoms with E-state index in [9.17, 15) is 14.0 Å². The van der Waals surface area contributed by atoms with Crippen molar-refractivity contribution in [3.63, 3.8) is 0 Å². The summed E-state index contributed by atoms with van der Waals surface area (Å²) in [5, 5.41) is 0.